The van der Waals surface area contributed by atoms with Crippen LogP contribution < -0.4 is 0 Å². The van der Waals surface area contributed by atoms with E-state index in [2.05, 4.69) is 20.4 Å². The number of alkyl halides is 3. The Balaban J connectivity index is 1.65. The largest absolute Gasteiger partial charge is 0.433 e. The first-order valence-electron chi connectivity index (χ1n) is 8.00. The Kier molecular flexibility index (Phi) is 3.98. The summed E-state index contributed by atoms with van der Waals surface area (Å²) in [5, 5.41) is 12.1. The summed E-state index contributed by atoms with van der Waals surface area (Å²) in [6, 6.07) is 12.9. The molecule has 3 heterocycles. The van der Waals surface area contributed by atoms with Crippen LogP contribution in [0.15, 0.2) is 60.9 Å². The van der Waals surface area contributed by atoms with E-state index < -0.39 is 11.9 Å². The van der Waals surface area contributed by atoms with Crippen LogP contribution in [0, 0.1) is 6.92 Å². The number of aryl methyl sites for hydroxylation is 1. The first kappa shape index (κ1) is 17.0. The highest BCUT2D eigenvalue weighted by Crippen LogP contribution is 2.31. The summed E-state index contributed by atoms with van der Waals surface area (Å²) < 4.78 is 41.9. The highest BCUT2D eigenvalue weighted by Gasteiger charge is 2.35. The molecular weight excluding hydrogens is 357 g/mol. The average Bonchev–Trinajstić information content (AvgIpc) is 3.29. The molecule has 0 aliphatic heterocycles. The van der Waals surface area contributed by atoms with Gasteiger partial charge in [0.2, 0.25) is 0 Å². The molecular formula is C18H13F3N6. The first-order chi connectivity index (χ1) is 12.9. The van der Waals surface area contributed by atoms with E-state index in [4.69, 9.17) is 0 Å². The lowest BCUT2D eigenvalue weighted by atomic mass is 10.2. The normalized spacial score (nSPS) is 11.7. The maximum absolute atomic E-state index is 13.2. The molecule has 0 aliphatic carbocycles. The molecule has 0 unspecified atom stereocenters. The first-order valence-corrected chi connectivity index (χ1v) is 8.00. The Hall–Kier alpha value is -3.49. The molecule has 4 aromatic rings. The monoisotopic (exact) mass is 370 g/mol. The quantitative estimate of drug-likeness (QED) is 0.550. The van der Waals surface area contributed by atoms with E-state index in [-0.39, 0.29) is 0 Å². The maximum atomic E-state index is 13.2. The Morgan fingerprint density at radius 2 is 1.67 bits per heavy atom. The fourth-order valence-corrected chi connectivity index (χ4v) is 2.67. The van der Waals surface area contributed by atoms with Crippen molar-refractivity contribution in [3.05, 3.63) is 72.3 Å². The number of pyridine rings is 1. The van der Waals surface area contributed by atoms with Gasteiger partial charge in [0.15, 0.2) is 0 Å². The van der Waals surface area contributed by atoms with Crippen molar-refractivity contribution in [2.24, 2.45) is 0 Å². The van der Waals surface area contributed by atoms with Gasteiger partial charge in [-0.05, 0) is 49.4 Å². The molecule has 0 bridgehead atoms. The van der Waals surface area contributed by atoms with Gasteiger partial charge < -0.3 is 0 Å². The summed E-state index contributed by atoms with van der Waals surface area (Å²) in [6.45, 7) is 1.52. The molecule has 0 fully saturated rings. The van der Waals surface area contributed by atoms with Crippen LogP contribution in [0.2, 0.25) is 0 Å². The highest BCUT2D eigenvalue weighted by molar-refractivity contribution is 5.53. The smallest absolute Gasteiger partial charge is 0.254 e. The molecule has 0 atom stereocenters. The van der Waals surface area contributed by atoms with Gasteiger partial charge in [-0.2, -0.15) is 18.3 Å². The Morgan fingerprint density at radius 1 is 0.926 bits per heavy atom. The van der Waals surface area contributed by atoms with Gasteiger partial charge in [-0.3, -0.25) is 4.98 Å². The minimum absolute atomic E-state index is 0.294. The second-order valence-electron chi connectivity index (χ2n) is 5.86. The maximum Gasteiger partial charge on any atom is 0.433 e. The van der Waals surface area contributed by atoms with Crippen molar-refractivity contribution in [2.75, 3.05) is 0 Å². The van der Waals surface area contributed by atoms with Gasteiger partial charge in [-0.25, -0.2) is 9.36 Å². The van der Waals surface area contributed by atoms with E-state index >= 15 is 0 Å². The van der Waals surface area contributed by atoms with E-state index in [9.17, 15) is 13.2 Å². The lowest BCUT2D eigenvalue weighted by molar-refractivity contribution is -0.142. The van der Waals surface area contributed by atoms with Gasteiger partial charge in [0.1, 0.15) is 11.4 Å². The third kappa shape index (κ3) is 3.31. The van der Waals surface area contributed by atoms with Crippen LogP contribution in [-0.4, -0.2) is 29.8 Å². The van der Waals surface area contributed by atoms with Crippen LogP contribution in [0.5, 0.6) is 0 Å². The predicted molar refractivity (Wildman–Crippen MR) is 91.5 cm³/mol. The molecule has 0 aliphatic rings. The van der Waals surface area contributed by atoms with Crippen molar-refractivity contribution < 1.29 is 13.2 Å². The van der Waals surface area contributed by atoms with E-state index in [0.717, 1.165) is 10.7 Å². The van der Waals surface area contributed by atoms with Gasteiger partial charge in [0.05, 0.1) is 29.0 Å². The SMILES string of the molecule is Cc1cc(C(F)(F)F)n(-c2ccc(-n3cc(-c4ccccn4)nn3)cc2)n1. The fourth-order valence-electron chi connectivity index (χ4n) is 2.67. The zero-order valence-electron chi connectivity index (χ0n) is 14.1. The summed E-state index contributed by atoms with van der Waals surface area (Å²) in [5.41, 5.74) is 1.73. The molecule has 27 heavy (non-hydrogen) atoms. The van der Waals surface area contributed by atoms with Gasteiger partial charge in [-0.15, -0.1) is 5.10 Å². The zero-order chi connectivity index (χ0) is 19.0. The average molecular weight is 370 g/mol. The van der Waals surface area contributed by atoms with Gasteiger partial charge in [-0.1, -0.05) is 11.3 Å². The van der Waals surface area contributed by atoms with Crippen LogP contribution in [0.25, 0.3) is 22.8 Å². The highest BCUT2D eigenvalue weighted by atomic mass is 19.4. The van der Waals surface area contributed by atoms with E-state index in [0.29, 0.717) is 28.5 Å². The lowest BCUT2D eigenvalue weighted by Crippen LogP contribution is -2.13. The van der Waals surface area contributed by atoms with Crippen molar-refractivity contribution in [1.29, 1.82) is 0 Å². The molecule has 0 radical (unpaired) electrons. The molecule has 9 heteroatoms. The second-order valence-corrected chi connectivity index (χ2v) is 5.86. The van der Waals surface area contributed by atoms with Crippen molar-refractivity contribution in [2.45, 2.75) is 13.1 Å². The van der Waals surface area contributed by atoms with Crippen LogP contribution >= 0.6 is 0 Å². The summed E-state index contributed by atoms with van der Waals surface area (Å²) in [5.74, 6) is 0. The van der Waals surface area contributed by atoms with Crippen molar-refractivity contribution in [3.8, 4) is 22.8 Å². The third-order valence-corrected chi connectivity index (χ3v) is 3.90. The summed E-state index contributed by atoms with van der Waals surface area (Å²) in [7, 11) is 0. The predicted octanol–water partition coefficient (Wildman–Crippen LogP) is 3.84. The number of halogens is 3. The second kappa shape index (κ2) is 6.35. The van der Waals surface area contributed by atoms with Gasteiger partial charge in [0, 0.05) is 6.20 Å². The van der Waals surface area contributed by atoms with E-state index in [1.807, 2.05) is 12.1 Å². The van der Waals surface area contributed by atoms with Crippen LogP contribution in [-0.2, 0) is 6.18 Å². The molecule has 3 aromatic heterocycles. The molecule has 0 saturated carbocycles. The standard InChI is InChI=1S/C18H13F3N6/c1-12-10-17(18(19,20)21)27(24-12)14-7-5-13(6-8-14)26-11-16(23-25-26)15-4-2-3-9-22-15/h2-11H,1H3. The third-order valence-electron chi connectivity index (χ3n) is 3.90. The van der Waals surface area contributed by atoms with E-state index in [1.54, 1.807) is 42.7 Å². The number of hydrogen-bond donors (Lipinski definition) is 0. The number of nitrogens with zero attached hydrogens (tertiary/aromatic N) is 6. The summed E-state index contributed by atoms with van der Waals surface area (Å²) in [4.78, 5) is 4.21. The van der Waals surface area contributed by atoms with Crippen LogP contribution in [0.4, 0.5) is 13.2 Å². The lowest BCUT2D eigenvalue weighted by Gasteiger charge is -2.10. The molecule has 0 spiro atoms. The molecule has 0 amide bonds. The Labute approximate surface area is 151 Å². The summed E-state index contributed by atoms with van der Waals surface area (Å²) in [6.07, 6.45) is -1.12. The van der Waals surface area contributed by atoms with Crippen LogP contribution in [0.1, 0.15) is 11.4 Å². The van der Waals surface area contributed by atoms with Gasteiger partial charge >= 0.3 is 6.18 Å². The topological polar surface area (TPSA) is 61.4 Å². The molecule has 6 nitrogen and oxygen atoms in total. The fraction of sp³-hybridized carbons (Fsp3) is 0.111. The minimum Gasteiger partial charge on any atom is -0.254 e. The number of aromatic nitrogens is 6. The number of hydrogen-bond acceptors (Lipinski definition) is 4. The Morgan fingerprint density at radius 3 is 2.33 bits per heavy atom. The zero-order valence-corrected chi connectivity index (χ0v) is 14.1. The van der Waals surface area contributed by atoms with E-state index in [1.165, 1.54) is 11.6 Å². The Bertz CT molecular complexity index is 1060. The minimum atomic E-state index is -4.48. The number of benzene rings is 1. The number of rotatable bonds is 3. The van der Waals surface area contributed by atoms with Gasteiger partial charge in [0.25, 0.3) is 0 Å². The summed E-state index contributed by atoms with van der Waals surface area (Å²) >= 11 is 0. The molecule has 136 valence electrons. The molecule has 1 aromatic carbocycles. The molecule has 4 rings (SSSR count). The van der Waals surface area contributed by atoms with Crippen molar-refractivity contribution in [3.63, 3.8) is 0 Å². The molecule has 0 N–H and O–H groups in total. The molecule has 0 saturated heterocycles. The van der Waals surface area contributed by atoms with Crippen LogP contribution in [0.3, 0.4) is 0 Å². The van der Waals surface area contributed by atoms with Crippen molar-refractivity contribution in [1.82, 2.24) is 29.8 Å². The van der Waals surface area contributed by atoms with Crippen molar-refractivity contribution >= 4 is 0 Å².